The zero-order valence-corrected chi connectivity index (χ0v) is 12.2. The minimum Gasteiger partial charge on any atom is -0.476 e. The van der Waals surface area contributed by atoms with Crippen LogP contribution in [0.2, 0.25) is 5.02 Å². The lowest BCUT2D eigenvalue weighted by atomic mass is 10.3. The van der Waals surface area contributed by atoms with Gasteiger partial charge in [-0.15, -0.1) is 0 Å². The molecule has 9 heteroatoms. The van der Waals surface area contributed by atoms with Gasteiger partial charge in [-0.2, -0.15) is 0 Å². The van der Waals surface area contributed by atoms with E-state index in [1.165, 1.54) is 18.3 Å². The minimum absolute atomic E-state index is 0.0742. The van der Waals surface area contributed by atoms with Crippen molar-refractivity contribution in [3.8, 4) is 5.75 Å². The Balaban J connectivity index is 1.99. The third kappa shape index (κ3) is 4.13. The number of anilines is 1. The summed E-state index contributed by atoms with van der Waals surface area (Å²) < 4.78 is 5.14. The lowest BCUT2D eigenvalue weighted by molar-refractivity contribution is -0.390. The lowest BCUT2D eigenvalue weighted by Gasteiger charge is -2.07. The number of pyridine rings is 2. The first kappa shape index (κ1) is 15.6. The number of nitrogens with zero attached hydrogens (tertiary/aromatic N) is 3. The summed E-state index contributed by atoms with van der Waals surface area (Å²) in [5.41, 5.74) is 0.480. The Labute approximate surface area is 130 Å². The van der Waals surface area contributed by atoms with E-state index >= 15 is 0 Å². The van der Waals surface area contributed by atoms with Crippen molar-refractivity contribution < 1.29 is 14.5 Å². The summed E-state index contributed by atoms with van der Waals surface area (Å²) in [6.07, 6.45) is 1.38. The van der Waals surface area contributed by atoms with Crippen LogP contribution in [-0.2, 0) is 4.79 Å². The molecule has 0 spiro atoms. The quantitative estimate of drug-likeness (QED) is 0.668. The Morgan fingerprint density at radius 3 is 2.82 bits per heavy atom. The topological polar surface area (TPSA) is 107 Å². The molecule has 8 nitrogen and oxygen atoms in total. The van der Waals surface area contributed by atoms with Crippen molar-refractivity contribution >= 4 is 29.1 Å². The Morgan fingerprint density at radius 1 is 1.41 bits per heavy atom. The third-order valence-corrected chi connectivity index (χ3v) is 2.73. The van der Waals surface area contributed by atoms with Gasteiger partial charge in [-0.05, 0) is 34.2 Å². The van der Waals surface area contributed by atoms with Gasteiger partial charge in [-0.3, -0.25) is 4.79 Å². The van der Waals surface area contributed by atoms with E-state index in [-0.39, 0.29) is 5.75 Å². The largest absolute Gasteiger partial charge is 0.476 e. The molecule has 0 aliphatic heterocycles. The molecular weight excluding hydrogens is 312 g/mol. The van der Waals surface area contributed by atoms with Crippen LogP contribution in [-0.4, -0.2) is 27.4 Å². The van der Waals surface area contributed by atoms with E-state index in [1.807, 2.05) is 0 Å². The summed E-state index contributed by atoms with van der Waals surface area (Å²) in [7, 11) is 0. The maximum Gasteiger partial charge on any atom is 0.406 e. The first-order valence-electron chi connectivity index (χ1n) is 6.12. The fraction of sp³-hybridized carbons (Fsp3) is 0.154. The number of aromatic nitrogens is 2. The van der Waals surface area contributed by atoms with Crippen molar-refractivity contribution in [3.63, 3.8) is 0 Å². The third-order valence-electron chi connectivity index (χ3n) is 2.51. The van der Waals surface area contributed by atoms with E-state index in [9.17, 15) is 14.9 Å². The lowest BCUT2D eigenvalue weighted by Crippen LogP contribution is -2.21. The molecule has 0 atom stereocenters. The maximum absolute atomic E-state index is 11.7. The fourth-order valence-electron chi connectivity index (χ4n) is 1.55. The van der Waals surface area contributed by atoms with Crippen molar-refractivity contribution in [3.05, 3.63) is 51.3 Å². The predicted molar refractivity (Wildman–Crippen MR) is 79.0 cm³/mol. The predicted octanol–water partition coefficient (Wildman–Crippen LogP) is 2.36. The molecule has 1 amide bonds. The number of carbonyl (C=O) groups is 1. The highest BCUT2D eigenvalue weighted by molar-refractivity contribution is 6.30. The van der Waals surface area contributed by atoms with Gasteiger partial charge in [-0.1, -0.05) is 11.6 Å². The van der Waals surface area contributed by atoms with Crippen molar-refractivity contribution in [2.45, 2.75) is 6.92 Å². The number of aryl methyl sites for hydroxylation is 1. The van der Waals surface area contributed by atoms with Gasteiger partial charge < -0.3 is 20.2 Å². The fourth-order valence-corrected chi connectivity index (χ4v) is 1.66. The highest BCUT2D eigenvalue weighted by Crippen LogP contribution is 2.24. The molecule has 2 aromatic rings. The number of hydrogen-bond acceptors (Lipinski definition) is 6. The van der Waals surface area contributed by atoms with Crippen LogP contribution in [0.1, 0.15) is 5.69 Å². The number of halogens is 1. The van der Waals surface area contributed by atoms with Gasteiger partial charge in [0.05, 0.1) is 5.02 Å². The first-order chi connectivity index (χ1) is 10.5. The molecule has 114 valence electrons. The SMILES string of the molecule is Cc1ccc(OCC(=O)Nc2ccc(Cl)cn2)c([N+](=O)[O-])n1. The number of carbonyl (C=O) groups excluding carboxylic acids is 1. The summed E-state index contributed by atoms with van der Waals surface area (Å²) in [4.78, 5) is 29.6. The number of ether oxygens (including phenoxy) is 1. The van der Waals surface area contributed by atoms with Gasteiger partial charge in [0.2, 0.25) is 5.75 Å². The smallest absolute Gasteiger partial charge is 0.406 e. The molecule has 2 rings (SSSR count). The van der Waals surface area contributed by atoms with E-state index in [0.29, 0.717) is 16.5 Å². The molecule has 0 bridgehead atoms. The second-order valence-electron chi connectivity index (χ2n) is 4.23. The van der Waals surface area contributed by atoms with Crippen LogP contribution in [0.15, 0.2) is 30.5 Å². The molecule has 0 fully saturated rings. The first-order valence-corrected chi connectivity index (χ1v) is 6.50. The minimum atomic E-state index is -0.666. The zero-order chi connectivity index (χ0) is 16.1. The molecule has 0 radical (unpaired) electrons. The summed E-state index contributed by atoms with van der Waals surface area (Å²) in [5.74, 6) is -0.716. The van der Waals surface area contributed by atoms with Gasteiger partial charge >= 0.3 is 5.82 Å². The number of nitro groups is 1. The number of amides is 1. The monoisotopic (exact) mass is 322 g/mol. The van der Waals surface area contributed by atoms with Crippen molar-refractivity contribution in [2.24, 2.45) is 0 Å². The van der Waals surface area contributed by atoms with E-state index in [4.69, 9.17) is 16.3 Å². The van der Waals surface area contributed by atoms with Crippen LogP contribution in [0.5, 0.6) is 5.75 Å². The van der Waals surface area contributed by atoms with Crippen LogP contribution >= 0.6 is 11.6 Å². The summed E-state index contributed by atoms with van der Waals surface area (Å²) >= 11 is 5.68. The maximum atomic E-state index is 11.7. The zero-order valence-electron chi connectivity index (χ0n) is 11.4. The average Bonchev–Trinajstić information content (AvgIpc) is 2.48. The summed E-state index contributed by atoms with van der Waals surface area (Å²) in [6, 6.07) is 6.05. The number of nitrogens with one attached hydrogen (secondary N) is 1. The Kier molecular flexibility index (Phi) is 4.84. The van der Waals surface area contributed by atoms with Crippen LogP contribution in [0.4, 0.5) is 11.6 Å². The van der Waals surface area contributed by atoms with E-state index in [2.05, 4.69) is 15.3 Å². The Bertz CT molecular complexity index is 706. The molecule has 22 heavy (non-hydrogen) atoms. The molecule has 0 aliphatic rings. The van der Waals surface area contributed by atoms with Gasteiger partial charge in [0.15, 0.2) is 6.61 Å². The normalized spacial score (nSPS) is 10.1. The standard InChI is InChI=1S/C13H11ClN4O4/c1-8-2-4-10(13(16-8)18(20)21)22-7-12(19)17-11-5-3-9(14)6-15-11/h2-6H,7H2,1H3,(H,15,17,19). The van der Waals surface area contributed by atoms with E-state index in [0.717, 1.165) is 0 Å². The van der Waals surface area contributed by atoms with Gasteiger partial charge in [0.1, 0.15) is 11.5 Å². The summed E-state index contributed by atoms with van der Waals surface area (Å²) in [5, 5.41) is 13.8. The molecule has 1 N–H and O–H groups in total. The van der Waals surface area contributed by atoms with E-state index in [1.54, 1.807) is 19.1 Å². The molecular formula is C13H11ClN4O4. The summed E-state index contributed by atoms with van der Waals surface area (Å²) in [6.45, 7) is 1.21. The van der Waals surface area contributed by atoms with Crippen molar-refractivity contribution in [1.29, 1.82) is 0 Å². The molecule has 0 saturated carbocycles. The van der Waals surface area contributed by atoms with Gasteiger partial charge in [-0.25, -0.2) is 4.98 Å². The van der Waals surface area contributed by atoms with Crippen LogP contribution in [0.3, 0.4) is 0 Å². The molecule has 0 aliphatic carbocycles. The van der Waals surface area contributed by atoms with Gasteiger partial charge in [0.25, 0.3) is 5.91 Å². The molecule has 2 aromatic heterocycles. The number of hydrogen-bond donors (Lipinski definition) is 1. The molecule has 0 aromatic carbocycles. The van der Waals surface area contributed by atoms with Gasteiger partial charge in [0, 0.05) is 13.1 Å². The number of rotatable bonds is 5. The Hall–Kier alpha value is -2.74. The van der Waals surface area contributed by atoms with E-state index < -0.39 is 23.3 Å². The Morgan fingerprint density at radius 2 is 2.18 bits per heavy atom. The van der Waals surface area contributed by atoms with Crippen LogP contribution < -0.4 is 10.1 Å². The average molecular weight is 323 g/mol. The molecule has 0 unspecified atom stereocenters. The van der Waals surface area contributed by atoms with Crippen molar-refractivity contribution in [2.75, 3.05) is 11.9 Å². The van der Waals surface area contributed by atoms with Crippen LogP contribution in [0.25, 0.3) is 0 Å². The second kappa shape index (κ2) is 6.81. The molecule has 2 heterocycles. The molecule has 0 saturated heterocycles. The van der Waals surface area contributed by atoms with Crippen LogP contribution in [0, 0.1) is 17.0 Å². The highest BCUT2D eigenvalue weighted by Gasteiger charge is 2.18. The second-order valence-corrected chi connectivity index (χ2v) is 4.67. The van der Waals surface area contributed by atoms with Crippen molar-refractivity contribution in [1.82, 2.24) is 9.97 Å². The highest BCUT2D eigenvalue weighted by atomic mass is 35.5.